The van der Waals surface area contributed by atoms with Gasteiger partial charge in [-0.1, -0.05) is 26.1 Å². The molecule has 0 bridgehead atoms. The molecule has 1 aromatic carbocycles. The number of carbonyl (C=O) groups is 1. The molecule has 0 radical (unpaired) electrons. The highest BCUT2D eigenvalue weighted by Gasteiger charge is 2.18. The second-order valence-corrected chi connectivity index (χ2v) is 8.04. The summed E-state index contributed by atoms with van der Waals surface area (Å²) in [6, 6.07) is 6.11. The molecule has 0 atom stereocenters. The normalized spacial score (nSPS) is 11.2. The first kappa shape index (κ1) is 17.3. The van der Waals surface area contributed by atoms with Crippen LogP contribution in [0.25, 0.3) is 22.2 Å². The number of hydrogen-bond donors (Lipinski definition) is 4. The molecule has 0 aliphatic carbocycles. The Bertz CT molecular complexity index is 923. The average Bonchev–Trinajstić information content (AvgIpc) is 3.03. The number of carbonyl (C=O) groups excluding carboxylic acids is 1. The lowest BCUT2D eigenvalue weighted by molar-refractivity contribution is 0.100. The van der Waals surface area contributed by atoms with Crippen molar-refractivity contribution in [1.29, 1.82) is 0 Å². The summed E-state index contributed by atoms with van der Waals surface area (Å²) in [7, 11) is -0.281. The predicted octanol–water partition coefficient (Wildman–Crippen LogP) is 1.49. The van der Waals surface area contributed by atoms with Gasteiger partial charge in [0.25, 0.3) is 5.91 Å². The number of aliphatic hydroxyl groups excluding tert-OH is 1. The van der Waals surface area contributed by atoms with Crippen LogP contribution in [-0.2, 0) is 0 Å². The summed E-state index contributed by atoms with van der Waals surface area (Å²) >= 11 is 0. The van der Waals surface area contributed by atoms with Crippen LogP contribution in [0, 0.1) is 0 Å². The number of rotatable bonds is 6. The highest BCUT2D eigenvalue weighted by Crippen LogP contribution is 2.34. The fourth-order valence-corrected chi connectivity index (χ4v) is 3.74. The summed E-state index contributed by atoms with van der Waals surface area (Å²) in [6.45, 7) is 4.68. The molecule has 3 rings (SSSR count). The van der Waals surface area contributed by atoms with E-state index in [1.807, 2.05) is 18.3 Å². The maximum atomic E-state index is 11.8. The van der Waals surface area contributed by atoms with E-state index < -0.39 is 5.91 Å². The Hall–Kier alpha value is -2.50. The van der Waals surface area contributed by atoms with Crippen molar-refractivity contribution in [2.45, 2.75) is 0 Å². The summed E-state index contributed by atoms with van der Waals surface area (Å²) in [5.41, 5.74) is 8.09. The molecule has 25 heavy (non-hydrogen) atoms. The Kier molecular flexibility index (Phi) is 4.97. The fourth-order valence-electron chi connectivity index (χ4n) is 2.73. The Labute approximate surface area is 146 Å². The van der Waals surface area contributed by atoms with Gasteiger partial charge in [0.1, 0.15) is 0 Å². The van der Waals surface area contributed by atoms with Gasteiger partial charge in [0.15, 0.2) is 0 Å². The zero-order chi connectivity index (χ0) is 18.0. The smallest absolute Gasteiger partial charge is 0.252 e. The number of amides is 1. The van der Waals surface area contributed by atoms with Gasteiger partial charge < -0.3 is 21.1 Å². The van der Waals surface area contributed by atoms with Crippen LogP contribution in [0.2, 0.25) is 0 Å². The molecule has 0 spiro atoms. The van der Waals surface area contributed by atoms with Gasteiger partial charge in [-0.3, -0.25) is 4.79 Å². The third kappa shape index (κ3) is 3.34. The number of nitrogens with one attached hydrogen (secondary N) is 2. The van der Waals surface area contributed by atoms with Crippen LogP contribution in [0.1, 0.15) is 10.4 Å². The first-order valence-electron chi connectivity index (χ1n) is 7.82. The highest BCUT2D eigenvalue weighted by atomic mass is 31.1. The molecule has 0 unspecified atom stereocenters. The van der Waals surface area contributed by atoms with Crippen LogP contribution < -0.4 is 16.4 Å². The fraction of sp³-hybridized carbons (Fsp3) is 0.235. The van der Waals surface area contributed by atoms with Crippen LogP contribution in [0.15, 0.2) is 30.6 Å². The summed E-state index contributed by atoms with van der Waals surface area (Å²) in [6.07, 6.45) is 3.26. The maximum Gasteiger partial charge on any atom is 0.252 e. The molecule has 130 valence electrons. The minimum atomic E-state index is -0.581. The molecule has 0 fully saturated rings. The van der Waals surface area contributed by atoms with Gasteiger partial charge in [0.05, 0.1) is 23.4 Å². The number of aromatic amines is 1. The number of primary amides is 1. The van der Waals surface area contributed by atoms with Crippen molar-refractivity contribution >= 4 is 36.0 Å². The van der Waals surface area contributed by atoms with Gasteiger partial charge in [0, 0.05) is 29.9 Å². The maximum absolute atomic E-state index is 11.8. The number of anilines is 1. The standard InChI is InChI=1S/C17H20N5O2P/c1-25(2)13-5-3-4-10-11(8-20-15(10)13)14-12(16(18)24)9-21-17(22-14)19-6-7-23/h3-5,8-9,20,23H,6-7H2,1-2H3,(H2,18,24)(H,19,21,22). The molecule has 0 aliphatic rings. The molecular formula is C17H20N5O2P. The highest BCUT2D eigenvalue weighted by molar-refractivity contribution is 7.64. The number of aromatic nitrogens is 3. The Morgan fingerprint density at radius 1 is 1.40 bits per heavy atom. The quantitative estimate of drug-likeness (QED) is 0.499. The molecule has 0 saturated carbocycles. The van der Waals surface area contributed by atoms with Crippen LogP contribution in [0.5, 0.6) is 0 Å². The first-order valence-corrected chi connectivity index (χ1v) is 10.1. The summed E-state index contributed by atoms with van der Waals surface area (Å²) in [5.74, 6) is -0.241. The third-order valence-corrected chi connectivity index (χ3v) is 5.22. The number of para-hydroxylation sites is 1. The van der Waals surface area contributed by atoms with Gasteiger partial charge in [-0.2, -0.15) is 0 Å². The molecule has 5 N–H and O–H groups in total. The van der Waals surface area contributed by atoms with E-state index in [9.17, 15) is 4.79 Å². The van der Waals surface area contributed by atoms with E-state index in [2.05, 4.69) is 39.7 Å². The molecular weight excluding hydrogens is 337 g/mol. The average molecular weight is 357 g/mol. The van der Waals surface area contributed by atoms with E-state index in [-0.39, 0.29) is 20.1 Å². The number of fused-ring (bicyclic) bond motifs is 1. The number of nitrogens with two attached hydrogens (primary N) is 1. The monoisotopic (exact) mass is 357 g/mol. The molecule has 2 heterocycles. The van der Waals surface area contributed by atoms with Crippen molar-refractivity contribution < 1.29 is 9.90 Å². The van der Waals surface area contributed by atoms with Gasteiger partial charge in [-0.25, -0.2) is 9.97 Å². The van der Waals surface area contributed by atoms with Crippen LogP contribution in [-0.4, -0.2) is 52.4 Å². The van der Waals surface area contributed by atoms with Crippen molar-refractivity contribution in [2.24, 2.45) is 5.73 Å². The Morgan fingerprint density at radius 3 is 2.88 bits per heavy atom. The topological polar surface area (TPSA) is 117 Å². The second kappa shape index (κ2) is 7.17. The van der Waals surface area contributed by atoms with E-state index in [0.717, 1.165) is 16.5 Å². The molecule has 1 amide bonds. The SMILES string of the molecule is CP(C)c1cccc2c(-c3nc(NCCO)ncc3C(N)=O)c[nH]c12. The van der Waals surface area contributed by atoms with E-state index in [1.165, 1.54) is 11.5 Å². The number of H-pyrrole nitrogens is 1. The second-order valence-electron chi connectivity index (χ2n) is 5.77. The lowest BCUT2D eigenvalue weighted by Gasteiger charge is -2.10. The number of hydrogen-bond acceptors (Lipinski definition) is 5. The van der Waals surface area contributed by atoms with E-state index >= 15 is 0 Å². The van der Waals surface area contributed by atoms with Gasteiger partial charge in [-0.15, -0.1) is 0 Å². The third-order valence-electron chi connectivity index (χ3n) is 3.88. The zero-order valence-corrected chi connectivity index (χ0v) is 15.0. The van der Waals surface area contributed by atoms with Crippen LogP contribution in [0.4, 0.5) is 5.95 Å². The minimum absolute atomic E-state index is 0.0384. The number of benzene rings is 1. The minimum Gasteiger partial charge on any atom is -0.395 e. The summed E-state index contributed by atoms with van der Waals surface area (Å²) in [5, 5.41) is 14.1. The zero-order valence-electron chi connectivity index (χ0n) is 14.1. The molecule has 3 aromatic rings. The van der Waals surface area contributed by atoms with Gasteiger partial charge >= 0.3 is 0 Å². The number of aliphatic hydroxyl groups is 1. The Morgan fingerprint density at radius 2 is 2.20 bits per heavy atom. The van der Waals surface area contributed by atoms with Crippen molar-refractivity contribution in [3.63, 3.8) is 0 Å². The molecule has 2 aromatic heterocycles. The predicted molar refractivity (Wildman–Crippen MR) is 102 cm³/mol. The largest absolute Gasteiger partial charge is 0.395 e. The van der Waals surface area contributed by atoms with Crippen LogP contribution in [0.3, 0.4) is 0 Å². The van der Waals surface area contributed by atoms with Crippen molar-refractivity contribution in [3.8, 4) is 11.3 Å². The number of nitrogens with zero attached hydrogens (tertiary/aromatic N) is 2. The van der Waals surface area contributed by atoms with Crippen molar-refractivity contribution in [2.75, 3.05) is 31.8 Å². The van der Waals surface area contributed by atoms with Gasteiger partial charge in [0.2, 0.25) is 5.95 Å². The lowest BCUT2D eigenvalue weighted by Crippen LogP contribution is -2.16. The van der Waals surface area contributed by atoms with Crippen LogP contribution >= 0.6 is 7.92 Å². The summed E-state index contributed by atoms with van der Waals surface area (Å²) in [4.78, 5) is 23.7. The first-order chi connectivity index (χ1) is 12.0. The molecule has 8 heteroatoms. The molecule has 7 nitrogen and oxygen atoms in total. The summed E-state index contributed by atoms with van der Waals surface area (Å²) < 4.78 is 0. The van der Waals surface area contributed by atoms with E-state index in [0.29, 0.717) is 18.2 Å². The van der Waals surface area contributed by atoms with Crippen molar-refractivity contribution in [1.82, 2.24) is 15.0 Å². The Balaban J connectivity index is 2.19. The van der Waals surface area contributed by atoms with Crippen molar-refractivity contribution in [3.05, 3.63) is 36.2 Å². The van der Waals surface area contributed by atoms with E-state index in [4.69, 9.17) is 10.8 Å². The molecule has 0 saturated heterocycles. The van der Waals surface area contributed by atoms with E-state index in [1.54, 1.807) is 0 Å². The van der Waals surface area contributed by atoms with Gasteiger partial charge in [-0.05, 0) is 18.6 Å². The lowest BCUT2D eigenvalue weighted by atomic mass is 10.1. The molecule has 0 aliphatic heterocycles.